The molecule has 10 nitrogen and oxygen atoms in total. The average molecular weight is 421 g/mol. The van der Waals surface area contributed by atoms with Crippen molar-refractivity contribution < 1.29 is 15.0 Å². The number of aliphatic hydroxyl groups excluding tert-OH is 2. The maximum absolute atomic E-state index is 12.4. The van der Waals surface area contributed by atoms with Crippen molar-refractivity contribution in [1.29, 1.82) is 0 Å². The third kappa shape index (κ3) is 3.48. The number of fused-ring (bicyclic) bond motifs is 1. The zero-order valence-electron chi connectivity index (χ0n) is 17.4. The molecule has 1 saturated carbocycles. The molecule has 0 radical (unpaired) electrons. The third-order valence-corrected chi connectivity index (χ3v) is 5.76. The lowest BCUT2D eigenvalue weighted by Crippen LogP contribution is -2.45. The third-order valence-electron chi connectivity index (χ3n) is 5.76. The van der Waals surface area contributed by atoms with Crippen LogP contribution in [0.5, 0.6) is 0 Å². The van der Waals surface area contributed by atoms with Crippen molar-refractivity contribution in [2.45, 2.75) is 31.6 Å². The molecular formula is C21H23N7O3. The highest BCUT2D eigenvalue weighted by atomic mass is 16.3. The topological polar surface area (TPSA) is 138 Å². The molecule has 3 heterocycles. The van der Waals surface area contributed by atoms with Gasteiger partial charge < -0.3 is 25.4 Å². The Morgan fingerprint density at radius 2 is 1.97 bits per heavy atom. The molecule has 31 heavy (non-hydrogen) atoms. The van der Waals surface area contributed by atoms with Gasteiger partial charge in [0.15, 0.2) is 17.0 Å². The van der Waals surface area contributed by atoms with Crippen LogP contribution in [-0.2, 0) is 4.79 Å². The number of amides is 1. The van der Waals surface area contributed by atoms with Crippen molar-refractivity contribution in [3.63, 3.8) is 0 Å². The van der Waals surface area contributed by atoms with E-state index in [0.29, 0.717) is 17.0 Å². The number of anilines is 1. The van der Waals surface area contributed by atoms with Crippen LogP contribution in [0.1, 0.15) is 30.8 Å². The predicted octanol–water partition coefficient (Wildman–Crippen LogP) is 0.0817. The van der Waals surface area contributed by atoms with Gasteiger partial charge in [-0.2, -0.15) is 0 Å². The molecule has 1 amide bonds. The van der Waals surface area contributed by atoms with Gasteiger partial charge in [0.2, 0.25) is 11.7 Å². The van der Waals surface area contributed by atoms with E-state index in [-0.39, 0.29) is 18.2 Å². The Kier molecular flexibility index (Phi) is 5.31. The Morgan fingerprint density at radius 3 is 2.65 bits per heavy atom. The van der Waals surface area contributed by atoms with E-state index in [9.17, 15) is 15.0 Å². The van der Waals surface area contributed by atoms with Gasteiger partial charge in [0.05, 0.1) is 23.9 Å². The van der Waals surface area contributed by atoms with Gasteiger partial charge in [-0.3, -0.25) is 9.78 Å². The molecule has 0 spiro atoms. The number of nitrogens with zero attached hydrogens (tertiary/aromatic N) is 5. The van der Waals surface area contributed by atoms with Crippen LogP contribution in [0.4, 0.5) is 5.82 Å². The molecule has 160 valence electrons. The van der Waals surface area contributed by atoms with Crippen molar-refractivity contribution in [3.05, 3.63) is 42.2 Å². The monoisotopic (exact) mass is 421 g/mol. The van der Waals surface area contributed by atoms with Gasteiger partial charge in [-0.15, -0.1) is 0 Å². The van der Waals surface area contributed by atoms with Gasteiger partial charge in [0, 0.05) is 32.1 Å². The van der Waals surface area contributed by atoms with Crippen LogP contribution in [0.2, 0.25) is 0 Å². The second-order valence-electron chi connectivity index (χ2n) is 7.66. The lowest BCUT2D eigenvalue weighted by molar-refractivity contribution is -0.136. The van der Waals surface area contributed by atoms with Gasteiger partial charge in [-0.05, 0) is 31.4 Å². The van der Waals surface area contributed by atoms with E-state index in [0.717, 1.165) is 5.56 Å². The van der Waals surface area contributed by atoms with Gasteiger partial charge in [-0.25, -0.2) is 15.0 Å². The summed E-state index contributed by atoms with van der Waals surface area (Å²) in [4.78, 5) is 29.7. The Labute approximate surface area is 178 Å². The van der Waals surface area contributed by atoms with Gasteiger partial charge in [0.1, 0.15) is 6.10 Å². The summed E-state index contributed by atoms with van der Waals surface area (Å²) in [5, 5.41) is 26.9. The van der Waals surface area contributed by atoms with Crippen LogP contribution < -0.4 is 10.6 Å². The largest absolute Gasteiger partial charge is 0.389 e. The van der Waals surface area contributed by atoms with Crippen molar-refractivity contribution >= 4 is 22.9 Å². The lowest BCUT2D eigenvalue weighted by atomic mass is 9.85. The summed E-state index contributed by atoms with van der Waals surface area (Å²) >= 11 is 0. The molecule has 4 N–H and O–H groups in total. The van der Waals surface area contributed by atoms with Crippen LogP contribution in [0.15, 0.2) is 30.9 Å². The van der Waals surface area contributed by atoms with E-state index in [1.807, 2.05) is 0 Å². The maximum Gasteiger partial charge on any atom is 0.228 e. The number of hydrogen-bond acceptors (Lipinski definition) is 8. The Hall–Kier alpha value is -3.55. The molecule has 4 rings (SSSR count). The minimum atomic E-state index is -1.23. The fourth-order valence-corrected chi connectivity index (χ4v) is 3.99. The molecule has 0 aromatic carbocycles. The van der Waals surface area contributed by atoms with E-state index in [1.165, 1.54) is 13.4 Å². The summed E-state index contributed by atoms with van der Waals surface area (Å²) in [6.45, 7) is 1.64. The smallest absolute Gasteiger partial charge is 0.228 e. The second kappa shape index (κ2) is 7.94. The molecule has 1 fully saturated rings. The summed E-state index contributed by atoms with van der Waals surface area (Å²) in [5.74, 6) is 6.37. The predicted molar refractivity (Wildman–Crippen MR) is 113 cm³/mol. The molecule has 4 atom stereocenters. The van der Waals surface area contributed by atoms with Crippen molar-refractivity contribution in [2.75, 3.05) is 19.4 Å². The van der Waals surface area contributed by atoms with Crippen LogP contribution in [-0.4, -0.2) is 66.9 Å². The summed E-state index contributed by atoms with van der Waals surface area (Å²) in [5.41, 5.74) is 0.593. The maximum atomic E-state index is 12.4. The SMILES string of the molecule is CNC(=O)C1(C)CC(n2cnc3c(NC)nc(C#Cc4ccncc4)nc32)C(O)C1O. The van der Waals surface area contributed by atoms with Crippen LogP contribution in [0.3, 0.4) is 0 Å². The molecule has 1 aliphatic carbocycles. The van der Waals surface area contributed by atoms with Crippen LogP contribution >= 0.6 is 0 Å². The Bertz CT molecular complexity index is 1180. The summed E-state index contributed by atoms with van der Waals surface area (Å²) in [7, 11) is 3.23. The zero-order valence-corrected chi connectivity index (χ0v) is 17.4. The first-order chi connectivity index (χ1) is 14.9. The minimum absolute atomic E-state index is 0.220. The van der Waals surface area contributed by atoms with Crippen molar-refractivity contribution in [3.8, 4) is 11.8 Å². The molecule has 0 saturated heterocycles. The number of aliphatic hydroxyl groups is 2. The van der Waals surface area contributed by atoms with E-state index >= 15 is 0 Å². The molecule has 4 unspecified atom stereocenters. The van der Waals surface area contributed by atoms with Gasteiger partial charge >= 0.3 is 0 Å². The molecular weight excluding hydrogens is 398 g/mol. The lowest BCUT2D eigenvalue weighted by Gasteiger charge is -2.26. The molecule has 0 bridgehead atoms. The van der Waals surface area contributed by atoms with E-state index < -0.39 is 23.7 Å². The van der Waals surface area contributed by atoms with E-state index in [2.05, 4.69) is 42.4 Å². The van der Waals surface area contributed by atoms with E-state index in [4.69, 9.17) is 0 Å². The first kappa shape index (κ1) is 20.7. The number of pyridine rings is 1. The quantitative estimate of drug-likeness (QED) is 0.436. The minimum Gasteiger partial charge on any atom is -0.389 e. The van der Waals surface area contributed by atoms with Crippen molar-refractivity contribution in [2.24, 2.45) is 5.41 Å². The van der Waals surface area contributed by atoms with Crippen molar-refractivity contribution in [1.82, 2.24) is 29.8 Å². The fourth-order valence-electron chi connectivity index (χ4n) is 3.99. The summed E-state index contributed by atoms with van der Waals surface area (Å²) < 4.78 is 1.68. The first-order valence-corrected chi connectivity index (χ1v) is 9.81. The standard InChI is InChI=1S/C21H23N7O3/c1-21(20(31)23-3)10-13(16(29)17(21)30)28-11-25-15-18(22-2)26-14(27-19(15)28)5-4-12-6-8-24-9-7-12/h6-9,11,13,16-17,29-30H,10H2,1-3H3,(H,23,31)(H,22,26,27). The highest BCUT2D eigenvalue weighted by Gasteiger charge is 2.54. The number of hydrogen-bond donors (Lipinski definition) is 4. The molecule has 3 aromatic heterocycles. The fraction of sp³-hybridized carbons (Fsp3) is 0.381. The summed E-state index contributed by atoms with van der Waals surface area (Å²) in [6.07, 6.45) is 2.66. The first-order valence-electron chi connectivity index (χ1n) is 9.81. The highest BCUT2D eigenvalue weighted by Crippen LogP contribution is 2.45. The Morgan fingerprint density at radius 1 is 1.23 bits per heavy atom. The van der Waals surface area contributed by atoms with Crippen LogP contribution in [0.25, 0.3) is 11.2 Å². The number of carbonyl (C=O) groups is 1. The average Bonchev–Trinajstić information content (AvgIpc) is 3.32. The number of carbonyl (C=O) groups excluding carboxylic acids is 1. The summed E-state index contributed by atoms with van der Waals surface area (Å²) in [6, 6.07) is 2.97. The molecule has 10 heteroatoms. The molecule has 0 aliphatic heterocycles. The second-order valence-corrected chi connectivity index (χ2v) is 7.66. The number of imidazole rings is 1. The van der Waals surface area contributed by atoms with Crippen LogP contribution in [0, 0.1) is 17.3 Å². The van der Waals surface area contributed by atoms with Gasteiger partial charge in [0.25, 0.3) is 0 Å². The van der Waals surface area contributed by atoms with Gasteiger partial charge in [-0.1, -0.05) is 5.92 Å². The molecule has 3 aromatic rings. The normalized spacial score (nSPS) is 25.1. The zero-order chi connectivity index (χ0) is 22.2. The van der Waals surface area contributed by atoms with E-state index in [1.54, 1.807) is 43.1 Å². The number of nitrogens with one attached hydrogen (secondary N) is 2. The molecule has 1 aliphatic rings. The number of aromatic nitrogens is 5. The number of rotatable bonds is 3. The highest BCUT2D eigenvalue weighted by molar-refractivity contribution is 5.85. The Balaban J connectivity index is 1.78.